The Hall–Kier alpha value is -0.570. The second kappa shape index (κ2) is 6.74. The van der Waals surface area contributed by atoms with Gasteiger partial charge in [0.1, 0.15) is 0 Å². The first-order chi connectivity index (χ1) is 9.19. The number of nitrogens with zero attached hydrogens (tertiary/aromatic N) is 1. The van der Waals surface area contributed by atoms with Crippen LogP contribution in [0.1, 0.15) is 58.8 Å². The van der Waals surface area contributed by atoms with E-state index in [-0.39, 0.29) is 0 Å². The molecule has 1 amide bonds. The third-order valence-electron chi connectivity index (χ3n) is 5.39. The second-order valence-electron chi connectivity index (χ2n) is 6.49. The number of amides is 1. The molecular formula is C16H30N2O. The molecule has 3 heteroatoms. The van der Waals surface area contributed by atoms with Crippen LogP contribution in [0.25, 0.3) is 0 Å². The van der Waals surface area contributed by atoms with Crippen LogP contribution in [-0.4, -0.2) is 29.9 Å². The molecule has 2 aliphatic rings. The first kappa shape index (κ1) is 14.8. The summed E-state index contributed by atoms with van der Waals surface area (Å²) < 4.78 is 0. The predicted octanol–water partition coefficient (Wildman–Crippen LogP) is 2.79. The Labute approximate surface area is 117 Å². The van der Waals surface area contributed by atoms with E-state index in [9.17, 15) is 4.79 Å². The van der Waals surface area contributed by atoms with Crippen LogP contribution in [0.3, 0.4) is 0 Å². The number of carbonyl (C=O) groups excluding carboxylic acids is 1. The Morgan fingerprint density at radius 2 is 2.00 bits per heavy atom. The van der Waals surface area contributed by atoms with E-state index in [0.717, 1.165) is 37.6 Å². The van der Waals surface area contributed by atoms with Crippen LogP contribution >= 0.6 is 0 Å². The lowest BCUT2D eigenvalue weighted by molar-refractivity contribution is -0.135. The molecule has 19 heavy (non-hydrogen) atoms. The highest BCUT2D eigenvalue weighted by Crippen LogP contribution is 2.49. The van der Waals surface area contributed by atoms with Gasteiger partial charge in [-0.2, -0.15) is 0 Å². The first-order valence-electron chi connectivity index (χ1n) is 8.19. The van der Waals surface area contributed by atoms with Crippen molar-refractivity contribution in [1.29, 1.82) is 0 Å². The van der Waals surface area contributed by atoms with Crippen molar-refractivity contribution in [2.24, 2.45) is 23.5 Å². The van der Waals surface area contributed by atoms with Crippen LogP contribution in [-0.2, 0) is 4.79 Å². The zero-order chi connectivity index (χ0) is 13.8. The zero-order valence-corrected chi connectivity index (χ0v) is 12.6. The maximum absolute atomic E-state index is 12.6. The molecule has 3 atom stereocenters. The monoisotopic (exact) mass is 266 g/mol. The standard InChI is InChI=1S/C16H30N2O/c1-3-15(4-2)18(8-7-17)16(19)11-14-10-12-5-6-13(14)9-12/h12-15H,3-11,17H2,1-2H3. The van der Waals surface area contributed by atoms with Gasteiger partial charge in [0.15, 0.2) is 0 Å². The van der Waals surface area contributed by atoms with E-state index in [1.165, 1.54) is 25.7 Å². The molecule has 0 aromatic heterocycles. The molecule has 2 bridgehead atoms. The van der Waals surface area contributed by atoms with Crippen molar-refractivity contribution in [1.82, 2.24) is 4.90 Å². The molecule has 2 rings (SSSR count). The van der Waals surface area contributed by atoms with Gasteiger partial charge >= 0.3 is 0 Å². The van der Waals surface area contributed by atoms with E-state index in [0.29, 0.717) is 24.4 Å². The van der Waals surface area contributed by atoms with Gasteiger partial charge in [-0.25, -0.2) is 0 Å². The lowest BCUT2D eigenvalue weighted by Gasteiger charge is -2.32. The molecule has 0 radical (unpaired) electrons. The van der Waals surface area contributed by atoms with E-state index >= 15 is 0 Å². The van der Waals surface area contributed by atoms with Crippen LogP contribution in [0.5, 0.6) is 0 Å². The average molecular weight is 266 g/mol. The normalized spacial score (nSPS) is 29.2. The highest BCUT2D eigenvalue weighted by molar-refractivity contribution is 5.77. The zero-order valence-electron chi connectivity index (χ0n) is 12.6. The first-order valence-corrected chi connectivity index (χ1v) is 8.19. The quantitative estimate of drug-likeness (QED) is 0.770. The molecule has 3 unspecified atom stereocenters. The molecule has 0 aliphatic heterocycles. The molecule has 0 aromatic carbocycles. The van der Waals surface area contributed by atoms with Crippen molar-refractivity contribution in [3.8, 4) is 0 Å². The summed E-state index contributed by atoms with van der Waals surface area (Å²) in [6.07, 6.45) is 8.32. The van der Waals surface area contributed by atoms with Crippen LogP contribution in [0.4, 0.5) is 0 Å². The average Bonchev–Trinajstić information content (AvgIpc) is 3.01. The molecule has 0 heterocycles. The molecule has 2 fully saturated rings. The third kappa shape index (κ3) is 3.31. The maximum Gasteiger partial charge on any atom is 0.223 e. The molecule has 2 saturated carbocycles. The summed E-state index contributed by atoms with van der Waals surface area (Å²) in [6.45, 7) is 5.65. The molecule has 2 N–H and O–H groups in total. The van der Waals surface area contributed by atoms with Gasteiger partial charge in [-0.15, -0.1) is 0 Å². The predicted molar refractivity (Wildman–Crippen MR) is 78.7 cm³/mol. The summed E-state index contributed by atoms with van der Waals surface area (Å²) in [5.74, 6) is 2.80. The van der Waals surface area contributed by atoms with Gasteiger partial charge in [0.05, 0.1) is 0 Å². The Kier molecular flexibility index (Phi) is 5.26. The Morgan fingerprint density at radius 1 is 1.26 bits per heavy atom. The number of fused-ring (bicyclic) bond motifs is 2. The van der Waals surface area contributed by atoms with Gasteiger partial charge in [-0.05, 0) is 49.9 Å². The highest BCUT2D eigenvalue weighted by Gasteiger charge is 2.40. The molecule has 2 aliphatic carbocycles. The van der Waals surface area contributed by atoms with Crippen molar-refractivity contribution >= 4 is 5.91 Å². The number of rotatable bonds is 7. The van der Waals surface area contributed by atoms with E-state index in [2.05, 4.69) is 18.7 Å². The van der Waals surface area contributed by atoms with E-state index in [1.807, 2.05) is 0 Å². The minimum atomic E-state index is 0.358. The Morgan fingerprint density at radius 3 is 2.47 bits per heavy atom. The fraction of sp³-hybridized carbons (Fsp3) is 0.938. The van der Waals surface area contributed by atoms with Gasteiger partial charge in [0.2, 0.25) is 5.91 Å². The van der Waals surface area contributed by atoms with Crippen molar-refractivity contribution in [2.75, 3.05) is 13.1 Å². The molecule has 0 saturated heterocycles. The fourth-order valence-corrected chi connectivity index (χ4v) is 4.35. The number of hydrogen-bond acceptors (Lipinski definition) is 2. The lowest BCUT2D eigenvalue weighted by atomic mass is 9.86. The van der Waals surface area contributed by atoms with Crippen molar-refractivity contribution in [3.63, 3.8) is 0 Å². The molecule has 3 nitrogen and oxygen atoms in total. The van der Waals surface area contributed by atoms with E-state index in [4.69, 9.17) is 5.73 Å². The summed E-state index contributed by atoms with van der Waals surface area (Å²) >= 11 is 0. The summed E-state index contributed by atoms with van der Waals surface area (Å²) in [6, 6.07) is 0.384. The summed E-state index contributed by atoms with van der Waals surface area (Å²) in [4.78, 5) is 14.7. The topological polar surface area (TPSA) is 46.3 Å². The smallest absolute Gasteiger partial charge is 0.223 e. The van der Waals surface area contributed by atoms with Gasteiger partial charge < -0.3 is 10.6 Å². The summed E-state index contributed by atoms with van der Waals surface area (Å²) in [5, 5.41) is 0. The Balaban J connectivity index is 1.91. The van der Waals surface area contributed by atoms with Gasteiger partial charge in [0, 0.05) is 25.6 Å². The molecule has 0 aromatic rings. The number of nitrogens with two attached hydrogens (primary N) is 1. The minimum Gasteiger partial charge on any atom is -0.338 e. The summed E-state index contributed by atoms with van der Waals surface area (Å²) in [7, 11) is 0. The van der Waals surface area contributed by atoms with Crippen LogP contribution < -0.4 is 5.73 Å². The van der Waals surface area contributed by atoms with Gasteiger partial charge in [-0.1, -0.05) is 20.3 Å². The van der Waals surface area contributed by atoms with E-state index < -0.39 is 0 Å². The fourth-order valence-electron chi connectivity index (χ4n) is 4.35. The largest absolute Gasteiger partial charge is 0.338 e. The van der Waals surface area contributed by atoms with Crippen molar-refractivity contribution < 1.29 is 4.79 Å². The summed E-state index contributed by atoms with van der Waals surface area (Å²) in [5.41, 5.74) is 5.69. The number of hydrogen-bond donors (Lipinski definition) is 1. The van der Waals surface area contributed by atoms with Crippen LogP contribution in [0.15, 0.2) is 0 Å². The SMILES string of the molecule is CCC(CC)N(CCN)C(=O)CC1CC2CCC1C2. The molecular weight excluding hydrogens is 236 g/mol. The minimum absolute atomic E-state index is 0.358. The lowest BCUT2D eigenvalue weighted by Crippen LogP contribution is -2.43. The van der Waals surface area contributed by atoms with Gasteiger partial charge in [0.25, 0.3) is 0 Å². The third-order valence-corrected chi connectivity index (χ3v) is 5.39. The molecule has 0 spiro atoms. The van der Waals surface area contributed by atoms with Gasteiger partial charge in [-0.3, -0.25) is 4.79 Å². The van der Waals surface area contributed by atoms with Crippen LogP contribution in [0.2, 0.25) is 0 Å². The van der Waals surface area contributed by atoms with Crippen molar-refractivity contribution in [3.05, 3.63) is 0 Å². The number of carbonyl (C=O) groups is 1. The van der Waals surface area contributed by atoms with Crippen molar-refractivity contribution in [2.45, 2.75) is 64.8 Å². The Bertz CT molecular complexity index is 301. The second-order valence-corrected chi connectivity index (χ2v) is 6.49. The van der Waals surface area contributed by atoms with Crippen LogP contribution in [0, 0.1) is 17.8 Å². The highest BCUT2D eigenvalue weighted by atomic mass is 16.2. The van der Waals surface area contributed by atoms with E-state index in [1.54, 1.807) is 0 Å². The molecule has 110 valence electrons. The maximum atomic E-state index is 12.6.